The highest BCUT2D eigenvalue weighted by atomic mass is 16.5. The van der Waals surface area contributed by atoms with Crippen molar-refractivity contribution in [1.82, 2.24) is 5.32 Å². The first kappa shape index (κ1) is 18.2. The maximum atomic E-state index is 11.9. The summed E-state index contributed by atoms with van der Waals surface area (Å²) in [5.74, 6) is -0.0425. The summed E-state index contributed by atoms with van der Waals surface area (Å²) in [4.78, 5) is 23.5. The molecule has 0 radical (unpaired) electrons. The van der Waals surface area contributed by atoms with Crippen LogP contribution in [0, 0.1) is 5.41 Å². The van der Waals surface area contributed by atoms with Crippen LogP contribution in [-0.2, 0) is 20.7 Å². The molecule has 2 amide bonds. The Morgan fingerprint density at radius 1 is 1.09 bits per heavy atom. The molecule has 5 nitrogen and oxygen atoms in total. The van der Waals surface area contributed by atoms with E-state index in [-0.39, 0.29) is 17.2 Å². The van der Waals surface area contributed by atoms with Gasteiger partial charge in [0.05, 0.1) is 13.0 Å². The molecule has 5 heteroatoms. The molecular weight excluding hydrogens is 280 g/mol. The Labute approximate surface area is 132 Å². The average Bonchev–Trinajstić information content (AvgIpc) is 2.39. The number of ether oxygens (including phenoxy) is 1. The third-order valence-corrected chi connectivity index (χ3v) is 2.92. The van der Waals surface area contributed by atoms with Gasteiger partial charge in [-0.2, -0.15) is 0 Å². The van der Waals surface area contributed by atoms with Gasteiger partial charge in [-0.15, -0.1) is 0 Å². The van der Waals surface area contributed by atoms with Gasteiger partial charge in [-0.1, -0.05) is 32.9 Å². The molecule has 0 fully saturated rings. The summed E-state index contributed by atoms with van der Waals surface area (Å²) in [6.07, 6.45) is 0.788. The van der Waals surface area contributed by atoms with Crippen molar-refractivity contribution in [3.05, 3.63) is 29.8 Å². The van der Waals surface area contributed by atoms with Crippen LogP contribution in [0.4, 0.5) is 5.69 Å². The topological polar surface area (TPSA) is 67.4 Å². The lowest BCUT2D eigenvalue weighted by Gasteiger charge is -2.17. The minimum atomic E-state index is -0.0402. The van der Waals surface area contributed by atoms with Crippen molar-refractivity contribution in [2.75, 3.05) is 25.6 Å². The zero-order valence-electron chi connectivity index (χ0n) is 13.9. The molecule has 0 heterocycles. The summed E-state index contributed by atoms with van der Waals surface area (Å²) < 4.78 is 4.87. The standard InChI is InChI=1S/C17H26N2O3/c1-17(2,3)12-16(21)19-14-7-5-13(6-8-14)11-15(20)18-9-10-22-4/h5-8H,9-12H2,1-4H3,(H,18,20)(H,19,21). The minimum Gasteiger partial charge on any atom is -0.383 e. The van der Waals surface area contributed by atoms with Crippen molar-refractivity contribution in [3.8, 4) is 0 Å². The van der Waals surface area contributed by atoms with Crippen LogP contribution in [0.5, 0.6) is 0 Å². The first-order valence-electron chi connectivity index (χ1n) is 7.44. The summed E-state index contributed by atoms with van der Waals surface area (Å²) in [7, 11) is 1.60. The van der Waals surface area contributed by atoms with Gasteiger partial charge in [0, 0.05) is 25.8 Å². The lowest BCUT2D eigenvalue weighted by Crippen LogP contribution is -2.28. The van der Waals surface area contributed by atoms with Gasteiger partial charge in [-0.3, -0.25) is 9.59 Å². The molecule has 122 valence electrons. The maximum absolute atomic E-state index is 11.9. The van der Waals surface area contributed by atoms with Crippen LogP contribution in [0.25, 0.3) is 0 Å². The summed E-state index contributed by atoms with van der Waals surface area (Å²) in [6.45, 7) is 7.09. The highest BCUT2D eigenvalue weighted by Crippen LogP contribution is 2.19. The van der Waals surface area contributed by atoms with Crippen molar-refractivity contribution in [3.63, 3.8) is 0 Å². The van der Waals surface area contributed by atoms with Gasteiger partial charge < -0.3 is 15.4 Å². The third-order valence-electron chi connectivity index (χ3n) is 2.92. The van der Waals surface area contributed by atoms with E-state index >= 15 is 0 Å². The van der Waals surface area contributed by atoms with Crippen molar-refractivity contribution in [2.24, 2.45) is 5.41 Å². The summed E-state index contributed by atoms with van der Waals surface area (Å²) in [5.41, 5.74) is 1.62. The van der Waals surface area contributed by atoms with Gasteiger partial charge in [0.25, 0.3) is 0 Å². The quantitative estimate of drug-likeness (QED) is 0.760. The predicted octanol–water partition coefficient (Wildman–Crippen LogP) is 2.37. The van der Waals surface area contributed by atoms with E-state index in [9.17, 15) is 9.59 Å². The van der Waals surface area contributed by atoms with E-state index in [1.165, 1.54) is 0 Å². The fourth-order valence-corrected chi connectivity index (χ4v) is 1.93. The fourth-order valence-electron chi connectivity index (χ4n) is 1.93. The largest absolute Gasteiger partial charge is 0.383 e. The summed E-state index contributed by atoms with van der Waals surface area (Å²) >= 11 is 0. The van der Waals surface area contributed by atoms with Crippen LogP contribution in [0.15, 0.2) is 24.3 Å². The number of carbonyl (C=O) groups excluding carboxylic acids is 2. The Bertz CT molecular complexity index is 490. The maximum Gasteiger partial charge on any atom is 0.224 e. The third kappa shape index (κ3) is 7.78. The van der Waals surface area contributed by atoms with Crippen LogP contribution >= 0.6 is 0 Å². The molecule has 0 aromatic heterocycles. The molecule has 1 aromatic carbocycles. The molecule has 0 saturated heterocycles. The number of methoxy groups -OCH3 is 1. The Morgan fingerprint density at radius 2 is 1.73 bits per heavy atom. The van der Waals surface area contributed by atoms with Crippen LogP contribution in [-0.4, -0.2) is 32.1 Å². The molecule has 0 aliphatic carbocycles. The number of hydrogen-bond acceptors (Lipinski definition) is 3. The molecule has 0 bridgehead atoms. The molecule has 0 atom stereocenters. The Hall–Kier alpha value is -1.88. The number of hydrogen-bond donors (Lipinski definition) is 2. The molecule has 0 unspecified atom stereocenters. The van der Waals surface area contributed by atoms with E-state index in [1.54, 1.807) is 7.11 Å². The zero-order valence-corrected chi connectivity index (χ0v) is 13.9. The fraction of sp³-hybridized carbons (Fsp3) is 0.529. The lowest BCUT2D eigenvalue weighted by atomic mass is 9.92. The predicted molar refractivity (Wildman–Crippen MR) is 87.7 cm³/mol. The van der Waals surface area contributed by atoms with Gasteiger partial charge >= 0.3 is 0 Å². The van der Waals surface area contributed by atoms with E-state index in [1.807, 2.05) is 45.0 Å². The van der Waals surface area contributed by atoms with Crippen LogP contribution in [0.3, 0.4) is 0 Å². The number of anilines is 1. The van der Waals surface area contributed by atoms with Gasteiger partial charge in [0.2, 0.25) is 11.8 Å². The second-order valence-corrected chi connectivity index (χ2v) is 6.50. The van der Waals surface area contributed by atoms with Crippen molar-refractivity contribution in [2.45, 2.75) is 33.6 Å². The van der Waals surface area contributed by atoms with Gasteiger partial charge in [-0.05, 0) is 23.1 Å². The summed E-state index contributed by atoms with van der Waals surface area (Å²) in [6, 6.07) is 7.34. The van der Waals surface area contributed by atoms with Crippen LogP contribution in [0.1, 0.15) is 32.8 Å². The highest BCUT2D eigenvalue weighted by Gasteiger charge is 2.15. The molecular formula is C17H26N2O3. The second kappa shape index (κ2) is 8.54. The van der Waals surface area contributed by atoms with Crippen LogP contribution in [0.2, 0.25) is 0 Å². The van der Waals surface area contributed by atoms with Crippen LogP contribution < -0.4 is 10.6 Å². The summed E-state index contributed by atoms with van der Waals surface area (Å²) in [5, 5.41) is 5.64. The number of benzene rings is 1. The first-order chi connectivity index (χ1) is 10.3. The number of carbonyl (C=O) groups is 2. The molecule has 2 N–H and O–H groups in total. The van der Waals surface area contributed by atoms with E-state index in [4.69, 9.17) is 4.74 Å². The zero-order chi connectivity index (χ0) is 16.6. The minimum absolute atomic E-state index is 0.00226. The Morgan fingerprint density at radius 3 is 2.27 bits per heavy atom. The van der Waals surface area contributed by atoms with E-state index in [0.29, 0.717) is 26.0 Å². The van der Waals surface area contributed by atoms with E-state index in [0.717, 1.165) is 11.3 Å². The second-order valence-electron chi connectivity index (χ2n) is 6.50. The highest BCUT2D eigenvalue weighted by molar-refractivity contribution is 5.91. The van der Waals surface area contributed by atoms with Gasteiger partial charge in [0.15, 0.2) is 0 Å². The monoisotopic (exact) mass is 306 g/mol. The van der Waals surface area contributed by atoms with Gasteiger partial charge in [-0.25, -0.2) is 0 Å². The molecule has 0 saturated carbocycles. The number of rotatable bonds is 7. The number of amides is 2. The molecule has 1 rings (SSSR count). The van der Waals surface area contributed by atoms with Crippen molar-refractivity contribution in [1.29, 1.82) is 0 Å². The van der Waals surface area contributed by atoms with E-state index in [2.05, 4.69) is 10.6 Å². The molecule has 0 aliphatic heterocycles. The molecule has 0 spiro atoms. The first-order valence-corrected chi connectivity index (χ1v) is 7.44. The van der Waals surface area contributed by atoms with Crippen molar-refractivity contribution >= 4 is 17.5 Å². The SMILES string of the molecule is COCCNC(=O)Cc1ccc(NC(=O)CC(C)(C)C)cc1. The van der Waals surface area contributed by atoms with Crippen molar-refractivity contribution < 1.29 is 14.3 Å². The lowest BCUT2D eigenvalue weighted by molar-refractivity contribution is -0.120. The average molecular weight is 306 g/mol. The smallest absolute Gasteiger partial charge is 0.224 e. The molecule has 22 heavy (non-hydrogen) atoms. The Balaban J connectivity index is 2.46. The molecule has 1 aromatic rings. The Kier molecular flexibility index (Phi) is 7.05. The van der Waals surface area contributed by atoms with Gasteiger partial charge in [0.1, 0.15) is 0 Å². The molecule has 0 aliphatic rings. The van der Waals surface area contributed by atoms with E-state index < -0.39 is 0 Å². The normalized spacial score (nSPS) is 11.1. The number of nitrogens with one attached hydrogen (secondary N) is 2.